The largest absolute Gasteiger partial charge is 0.444 e. The van der Waals surface area contributed by atoms with Crippen molar-refractivity contribution in [2.24, 2.45) is 5.92 Å². The van der Waals surface area contributed by atoms with E-state index in [2.05, 4.69) is 5.32 Å². The van der Waals surface area contributed by atoms with Crippen LogP contribution in [0.15, 0.2) is 0 Å². The molecule has 0 aromatic rings. The zero-order valence-corrected chi connectivity index (χ0v) is 16.4. The fraction of sp³-hybridized carbons (Fsp3) is 0.889. The number of aliphatic hydroxyl groups is 1. The first-order valence-corrected chi connectivity index (χ1v) is 9.00. The number of carbonyl (C=O) groups is 2. The van der Waals surface area contributed by atoms with Gasteiger partial charge in [0.15, 0.2) is 0 Å². The van der Waals surface area contributed by atoms with E-state index in [9.17, 15) is 14.7 Å². The van der Waals surface area contributed by atoms with Crippen molar-refractivity contribution in [3.63, 3.8) is 0 Å². The Labute approximate surface area is 151 Å². The van der Waals surface area contributed by atoms with Gasteiger partial charge in [0.2, 0.25) is 0 Å². The van der Waals surface area contributed by atoms with Crippen LogP contribution in [0.5, 0.6) is 0 Å². The second kappa shape index (κ2) is 8.74. The number of hydrogen-bond acceptors (Lipinski definition) is 5. The summed E-state index contributed by atoms with van der Waals surface area (Å²) in [7, 11) is 0. The molecule has 0 bridgehead atoms. The van der Waals surface area contributed by atoms with Crippen molar-refractivity contribution in [2.45, 2.75) is 78.0 Å². The minimum Gasteiger partial charge on any atom is -0.444 e. The first kappa shape index (κ1) is 21.5. The van der Waals surface area contributed by atoms with E-state index in [0.717, 1.165) is 12.8 Å². The number of ether oxygens (including phenoxy) is 2. The smallest absolute Gasteiger partial charge is 0.410 e. The van der Waals surface area contributed by atoms with E-state index >= 15 is 0 Å². The first-order valence-electron chi connectivity index (χ1n) is 9.00. The molecule has 2 amide bonds. The van der Waals surface area contributed by atoms with Gasteiger partial charge in [0.25, 0.3) is 0 Å². The van der Waals surface area contributed by atoms with Gasteiger partial charge in [-0.3, -0.25) is 0 Å². The third kappa shape index (κ3) is 7.94. The molecule has 25 heavy (non-hydrogen) atoms. The zero-order valence-electron chi connectivity index (χ0n) is 16.4. The van der Waals surface area contributed by atoms with E-state index in [-0.39, 0.29) is 24.7 Å². The Morgan fingerprint density at radius 1 is 1.16 bits per heavy atom. The molecule has 7 nitrogen and oxygen atoms in total. The molecule has 0 radical (unpaired) electrons. The van der Waals surface area contributed by atoms with Crippen LogP contribution in [0, 0.1) is 5.92 Å². The third-order valence-corrected chi connectivity index (χ3v) is 3.88. The maximum absolute atomic E-state index is 12.4. The molecule has 0 spiro atoms. The summed E-state index contributed by atoms with van der Waals surface area (Å²) in [6.45, 7) is 11.9. The highest BCUT2D eigenvalue weighted by molar-refractivity contribution is 5.69. The summed E-state index contributed by atoms with van der Waals surface area (Å²) < 4.78 is 10.7. The second-order valence-corrected chi connectivity index (χ2v) is 8.54. The van der Waals surface area contributed by atoms with E-state index in [1.165, 1.54) is 0 Å². The van der Waals surface area contributed by atoms with Gasteiger partial charge in [0, 0.05) is 25.7 Å². The van der Waals surface area contributed by atoms with Gasteiger partial charge >= 0.3 is 12.2 Å². The van der Waals surface area contributed by atoms with Crippen LogP contribution in [-0.2, 0) is 9.47 Å². The van der Waals surface area contributed by atoms with Crippen LogP contribution in [-0.4, -0.2) is 59.1 Å². The lowest BCUT2D eigenvalue weighted by molar-refractivity contribution is 0.0160. The Morgan fingerprint density at radius 2 is 1.76 bits per heavy atom. The monoisotopic (exact) mass is 358 g/mol. The molecule has 0 saturated carbocycles. The highest BCUT2D eigenvalue weighted by atomic mass is 16.6. The van der Waals surface area contributed by atoms with E-state index in [4.69, 9.17) is 9.47 Å². The maximum atomic E-state index is 12.4. The van der Waals surface area contributed by atoms with Crippen LogP contribution in [0.1, 0.15) is 60.8 Å². The van der Waals surface area contributed by atoms with Gasteiger partial charge in [-0.15, -0.1) is 0 Å². The summed E-state index contributed by atoms with van der Waals surface area (Å²) in [5.74, 6) is -0.0486. The molecule has 2 atom stereocenters. The van der Waals surface area contributed by atoms with Crippen molar-refractivity contribution in [2.75, 3.05) is 19.7 Å². The predicted molar refractivity (Wildman–Crippen MR) is 95.4 cm³/mol. The molecule has 1 aliphatic rings. The molecule has 2 unspecified atom stereocenters. The van der Waals surface area contributed by atoms with E-state index in [1.807, 2.05) is 20.8 Å². The van der Waals surface area contributed by atoms with Crippen molar-refractivity contribution in [3.8, 4) is 0 Å². The summed E-state index contributed by atoms with van der Waals surface area (Å²) in [6.07, 6.45) is 1.39. The van der Waals surface area contributed by atoms with Crippen molar-refractivity contribution in [3.05, 3.63) is 0 Å². The Bertz CT molecular complexity index is 453. The van der Waals surface area contributed by atoms with E-state index in [0.29, 0.717) is 19.5 Å². The molecule has 2 N–H and O–H groups in total. The summed E-state index contributed by atoms with van der Waals surface area (Å²) in [5.41, 5.74) is -1.11. The number of nitrogens with one attached hydrogen (secondary N) is 1. The van der Waals surface area contributed by atoms with Crippen LogP contribution in [0.4, 0.5) is 9.59 Å². The molecule has 7 heteroatoms. The number of hydrogen-bond donors (Lipinski definition) is 2. The second-order valence-electron chi connectivity index (χ2n) is 8.54. The number of nitrogens with zero attached hydrogens (tertiary/aromatic N) is 1. The predicted octanol–water partition coefficient (Wildman–Crippen LogP) is 2.91. The maximum Gasteiger partial charge on any atom is 0.410 e. The SMILES string of the molecule is CC(C)(C)OC(=O)NCC(CCO)C1CCCN1C(=O)OC(C)(C)C. The van der Waals surface area contributed by atoms with Gasteiger partial charge < -0.3 is 24.8 Å². The van der Waals surface area contributed by atoms with Crippen LogP contribution in [0.2, 0.25) is 0 Å². The molecule has 0 aromatic carbocycles. The lowest BCUT2D eigenvalue weighted by Gasteiger charge is -2.33. The molecule has 1 saturated heterocycles. The summed E-state index contributed by atoms with van der Waals surface area (Å²) >= 11 is 0. The molecular formula is C18H34N2O5. The van der Waals surface area contributed by atoms with Gasteiger partial charge in [0.05, 0.1) is 0 Å². The van der Waals surface area contributed by atoms with Crippen molar-refractivity contribution < 1.29 is 24.2 Å². The normalized spacial score (nSPS) is 19.5. The van der Waals surface area contributed by atoms with Crippen molar-refractivity contribution >= 4 is 12.2 Å². The summed E-state index contributed by atoms with van der Waals surface area (Å²) in [6, 6.07) is -0.0584. The van der Waals surface area contributed by atoms with Crippen LogP contribution >= 0.6 is 0 Å². The lowest BCUT2D eigenvalue weighted by atomic mass is 9.94. The minimum absolute atomic E-state index is 0.000671. The number of amides is 2. The Morgan fingerprint density at radius 3 is 2.28 bits per heavy atom. The number of alkyl carbamates (subject to hydrolysis) is 1. The third-order valence-electron chi connectivity index (χ3n) is 3.88. The number of rotatable bonds is 5. The Kier molecular flexibility index (Phi) is 7.53. The molecule has 0 aliphatic carbocycles. The molecule has 1 aliphatic heterocycles. The molecular weight excluding hydrogens is 324 g/mol. The summed E-state index contributed by atoms with van der Waals surface area (Å²) in [5, 5.41) is 12.1. The Hall–Kier alpha value is -1.50. The molecule has 1 heterocycles. The highest BCUT2D eigenvalue weighted by Crippen LogP contribution is 2.27. The first-order chi connectivity index (χ1) is 11.4. The standard InChI is InChI=1S/C18H34N2O5/c1-17(2,3)24-15(22)19-12-13(9-11-21)14-8-7-10-20(14)16(23)25-18(4,5)6/h13-14,21H,7-12H2,1-6H3,(H,19,22). The van der Waals surface area contributed by atoms with Crippen molar-refractivity contribution in [1.29, 1.82) is 0 Å². The zero-order chi connectivity index (χ0) is 19.3. The fourth-order valence-electron chi connectivity index (χ4n) is 2.95. The Balaban J connectivity index is 2.69. The number of likely N-dealkylation sites (tertiary alicyclic amines) is 1. The number of carbonyl (C=O) groups excluding carboxylic acids is 2. The van der Waals surface area contributed by atoms with Gasteiger partial charge in [-0.05, 0) is 66.7 Å². The fourth-order valence-corrected chi connectivity index (χ4v) is 2.95. The number of aliphatic hydroxyl groups excluding tert-OH is 1. The van der Waals surface area contributed by atoms with Gasteiger partial charge in [-0.25, -0.2) is 9.59 Å². The van der Waals surface area contributed by atoms with E-state index < -0.39 is 17.3 Å². The quantitative estimate of drug-likeness (QED) is 0.789. The van der Waals surface area contributed by atoms with Gasteiger partial charge in [-0.2, -0.15) is 0 Å². The van der Waals surface area contributed by atoms with Gasteiger partial charge in [-0.1, -0.05) is 0 Å². The minimum atomic E-state index is -0.563. The van der Waals surface area contributed by atoms with Crippen LogP contribution in [0.3, 0.4) is 0 Å². The highest BCUT2D eigenvalue weighted by Gasteiger charge is 2.37. The molecule has 146 valence electrons. The lowest BCUT2D eigenvalue weighted by Crippen LogP contribution is -2.46. The molecule has 0 aromatic heterocycles. The summed E-state index contributed by atoms with van der Waals surface area (Å²) in [4.78, 5) is 26.0. The average Bonchev–Trinajstić information content (AvgIpc) is 2.88. The van der Waals surface area contributed by atoms with Crippen molar-refractivity contribution in [1.82, 2.24) is 10.2 Å². The topological polar surface area (TPSA) is 88.1 Å². The molecule has 1 fully saturated rings. The van der Waals surface area contributed by atoms with Crippen LogP contribution < -0.4 is 5.32 Å². The van der Waals surface area contributed by atoms with E-state index in [1.54, 1.807) is 25.7 Å². The molecule has 1 rings (SSSR count). The average molecular weight is 358 g/mol. The van der Waals surface area contributed by atoms with Gasteiger partial charge in [0.1, 0.15) is 11.2 Å². The van der Waals surface area contributed by atoms with Crippen LogP contribution in [0.25, 0.3) is 0 Å².